The summed E-state index contributed by atoms with van der Waals surface area (Å²) in [5.74, 6) is 0.813. The second-order valence-corrected chi connectivity index (χ2v) is 5.39. The van der Waals surface area contributed by atoms with Crippen molar-refractivity contribution in [3.8, 4) is 0 Å². The molecule has 2 heterocycles. The Morgan fingerprint density at radius 1 is 1.29 bits per heavy atom. The summed E-state index contributed by atoms with van der Waals surface area (Å²) in [7, 11) is 0. The van der Waals surface area contributed by atoms with E-state index in [-0.39, 0.29) is 12.0 Å². The van der Waals surface area contributed by atoms with E-state index in [9.17, 15) is 4.79 Å². The highest BCUT2D eigenvalue weighted by Gasteiger charge is 2.27. The predicted molar refractivity (Wildman–Crippen MR) is 79.1 cm³/mol. The second kappa shape index (κ2) is 6.33. The lowest BCUT2D eigenvalue weighted by Gasteiger charge is -2.32. The Kier molecular flexibility index (Phi) is 4.27. The minimum atomic E-state index is -0.191. The van der Waals surface area contributed by atoms with Crippen LogP contribution in [0.3, 0.4) is 0 Å². The number of amides is 1. The fourth-order valence-corrected chi connectivity index (χ4v) is 2.64. The molecule has 0 N–H and O–H groups in total. The molecule has 0 bridgehead atoms. The first-order valence-corrected chi connectivity index (χ1v) is 7.28. The van der Waals surface area contributed by atoms with Crippen LogP contribution in [0.1, 0.15) is 17.4 Å². The van der Waals surface area contributed by atoms with Crippen LogP contribution in [0.25, 0.3) is 0 Å². The molecule has 1 aromatic carbocycles. The molecule has 1 atom stereocenters. The molecular formula is C16H16ClNO3. The first-order chi connectivity index (χ1) is 10.2. The maximum atomic E-state index is 12.4. The van der Waals surface area contributed by atoms with Crippen LogP contribution in [0.15, 0.2) is 47.1 Å². The van der Waals surface area contributed by atoms with Crippen LogP contribution >= 0.6 is 11.6 Å². The Bertz CT molecular complexity index is 612. The SMILES string of the molecule is O=C(Cc1ccccc1Cl)N1CCO[C@@H](c2ccco2)C1. The number of halogens is 1. The third-order valence-corrected chi connectivity index (χ3v) is 3.95. The molecule has 21 heavy (non-hydrogen) atoms. The van der Waals surface area contributed by atoms with Gasteiger partial charge in [0.05, 0.1) is 25.8 Å². The molecule has 1 amide bonds. The molecule has 0 unspecified atom stereocenters. The van der Waals surface area contributed by atoms with Gasteiger partial charge in [-0.3, -0.25) is 4.79 Å². The normalized spacial score (nSPS) is 18.7. The van der Waals surface area contributed by atoms with Crippen molar-refractivity contribution in [2.45, 2.75) is 12.5 Å². The summed E-state index contributed by atoms with van der Waals surface area (Å²) in [6.07, 6.45) is 1.73. The zero-order valence-electron chi connectivity index (χ0n) is 11.5. The molecule has 0 aliphatic carbocycles. The molecule has 1 aliphatic heterocycles. The number of hydrogen-bond acceptors (Lipinski definition) is 3. The van der Waals surface area contributed by atoms with Gasteiger partial charge in [-0.1, -0.05) is 29.8 Å². The standard InChI is InChI=1S/C16H16ClNO3/c17-13-5-2-1-4-12(13)10-16(19)18-7-9-21-15(11-18)14-6-3-8-20-14/h1-6,8,15H,7,9-11H2/t15-/m1/s1. The van der Waals surface area contributed by atoms with Crippen LogP contribution in [0, 0.1) is 0 Å². The smallest absolute Gasteiger partial charge is 0.227 e. The van der Waals surface area contributed by atoms with Crippen molar-refractivity contribution in [1.29, 1.82) is 0 Å². The molecular weight excluding hydrogens is 290 g/mol. The molecule has 1 aliphatic rings. The van der Waals surface area contributed by atoms with Gasteiger partial charge in [-0.15, -0.1) is 0 Å². The largest absolute Gasteiger partial charge is 0.467 e. The van der Waals surface area contributed by atoms with E-state index in [2.05, 4.69) is 0 Å². The number of carbonyl (C=O) groups is 1. The number of morpholine rings is 1. The number of benzene rings is 1. The van der Waals surface area contributed by atoms with Gasteiger partial charge in [0.25, 0.3) is 0 Å². The van der Waals surface area contributed by atoms with Crippen molar-refractivity contribution < 1.29 is 13.9 Å². The molecule has 110 valence electrons. The maximum absolute atomic E-state index is 12.4. The summed E-state index contributed by atoms with van der Waals surface area (Å²) < 4.78 is 11.0. The Hall–Kier alpha value is -1.78. The van der Waals surface area contributed by atoms with E-state index >= 15 is 0 Å². The molecule has 0 saturated carbocycles. The Morgan fingerprint density at radius 3 is 2.90 bits per heavy atom. The van der Waals surface area contributed by atoms with Gasteiger partial charge >= 0.3 is 0 Å². The molecule has 1 aromatic heterocycles. The number of rotatable bonds is 3. The van der Waals surface area contributed by atoms with E-state index in [4.69, 9.17) is 20.8 Å². The first kappa shape index (κ1) is 14.2. The summed E-state index contributed by atoms with van der Waals surface area (Å²) in [4.78, 5) is 14.2. The topological polar surface area (TPSA) is 42.7 Å². The van der Waals surface area contributed by atoms with Crippen LogP contribution in [-0.4, -0.2) is 30.5 Å². The van der Waals surface area contributed by atoms with E-state index in [1.807, 2.05) is 30.3 Å². The van der Waals surface area contributed by atoms with Crippen molar-refractivity contribution in [3.63, 3.8) is 0 Å². The number of carbonyl (C=O) groups excluding carboxylic acids is 1. The average molecular weight is 306 g/mol. The van der Waals surface area contributed by atoms with Gasteiger partial charge in [-0.25, -0.2) is 0 Å². The quantitative estimate of drug-likeness (QED) is 0.875. The average Bonchev–Trinajstić information content (AvgIpc) is 3.04. The van der Waals surface area contributed by atoms with E-state index in [0.29, 0.717) is 31.1 Å². The third-order valence-electron chi connectivity index (χ3n) is 3.58. The molecule has 0 spiro atoms. The number of furan rings is 1. The summed E-state index contributed by atoms with van der Waals surface area (Å²) in [6.45, 7) is 1.62. The zero-order valence-corrected chi connectivity index (χ0v) is 12.3. The Morgan fingerprint density at radius 2 is 2.14 bits per heavy atom. The summed E-state index contributed by atoms with van der Waals surface area (Å²) in [5.41, 5.74) is 0.852. The zero-order chi connectivity index (χ0) is 14.7. The van der Waals surface area contributed by atoms with Crippen molar-refractivity contribution in [2.75, 3.05) is 19.7 Å². The number of ether oxygens (including phenoxy) is 1. The minimum Gasteiger partial charge on any atom is -0.467 e. The Balaban J connectivity index is 1.66. The lowest BCUT2D eigenvalue weighted by atomic mass is 10.1. The fraction of sp³-hybridized carbons (Fsp3) is 0.312. The second-order valence-electron chi connectivity index (χ2n) is 4.98. The summed E-state index contributed by atoms with van der Waals surface area (Å²) in [5, 5.41) is 0.627. The summed E-state index contributed by atoms with van der Waals surface area (Å²) >= 11 is 6.11. The summed E-state index contributed by atoms with van der Waals surface area (Å²) in [6, 6.07) is 11.1. The van der Waals surface area contributed by atoms with Crippen molar-refractivity contribution >= 4 is 17.5 Å². The van der Waals surface area contributed by atoms with Crippen molar-refractivity contribution in [3.05, 3.63) is 59.0 Å². The van der Waals surface area contributed by atoms with Crippen LogP contribution < -0.4 is 0 Å². The highest BCUT2D eigenvalue weighted by atomic mass is 35.5. The van der Waals surface area contributed by atoms with Gasteiger partial charge in [0, 0.05) is 11.6 Å². The maximum Gasteiger partial charge on any atom is 0.227 e. The third kappa shape index (κ3) is 3.28. The predicted octanol–water partition coefficient (Wildman–Crippen LogP) is 3.08. The molecule has 3 rings (SSSR count). The highest BCUT2D eigenvalue weighted by Crippen LogP contribution is 2.23. The van der Waals surface area contributed by atoms with Crippen LogP contribution in [0.2, 0.25) is 5.02 Å². The van der Waals surface area contributed by atoms with Gasteiger partial charge in [0.15, 0.2) is 0 Å². The highest BCUT2D eigenvalue weighted by molar-refractivity contribution is 6.31. The van der Waals surface area contributed by atoms with Crippen LogP contribution in [-0.2, 0) is 16.0 Å². The Labute approximate surface area is 128 Å². The molecule has 0 radical (unpaired) electrons. The fourth-order valence-electron chi connectivity index (χ4n) is 2.44. The monoisotopic (exact) mass is 305 g/mol. The van der Waals surface area contributed by atoms with Crippen LogP contribution in [0.4, 0.5) is 0 Å². The number of nitrogens with zero attached hydrogens (tertiary/aromatic N) is 1. The molecule has 1 saturated heterocycles. The van der Waals surface area contributed by atoms with Gasteiger partial charge < -0.3 is 14.1 Å². The van der Waals surface area contributed by atoms with E-state index in [0.717, 1.165) is 11.3 Å². The van der Waals surface area contributed by atoms with Gasteiger partial charge in [0.2, 0.25) is 5.91 Å². The van der Waals surface area contributed by atoms with E-state index < -0.39 is 0 Å². The minimum absolute atomic E-state index is 0.0583. The molecule has 5 heteroatoms. The molecule has 1 fully saturated rings. The van der Waals surface area contributed by atoms with Crippen LogP contribution in [0.5, 0.6) is 0 Å². The lowest BCUT2D eigenvalue weighted by molar-refractivity contribution is -0.138. The molecule has 2 aromatic rings. The van der Waals surface area contributed by atoms with Crippen molar-refractivity contribution in [2.24, 2.45) is 0 Å². The van der Waals surface area contributed by atoms with E-state index in [1.54, 1.807) is 17.2 Å². The van der Waals surface area contributed by atoms with Gasteiger partial charge in [-0.2, -0.15) is 0 Å². The van der Waals surface area contributed by atoms with Gasteiger partial charge in [-0.05, 0) is 23.8 Å². The van der Waals surface area contributed by atoms with Crippen molar-refractivity contribution in [1.82, 2.24) is 4.90 Å². The van der Waals surface area contributed by atoms with E-state index in [1.165, 1.54) is 0 Å². The number of hydrogen-bond donors (Lipinski definition) is 0. The van der Waals surface area contributed by atoms with Gasteiger partial charge in [0.1, 0.15) is 11.9 Å². The lowest BCUT2D eigenvalue weighted by Crippen LogP contribution is -2.42. The molecule has 4 nitrogen and oxygen atoms in total. The first-order valence-electron chi connectivity index (χ1n) is 6.90.